The Hall–Kier alpha value is -2.87. The van der Waals surface area contributed by atoms with E-state index in [2.05, 4.69) is 0 Å². The maximum absolute atomic E-state index is 13.0. The Morgan fingerprint density at radius 1 is 1.19 bits per heavy atom. The average Bonchev–Trinajstić information content (AvgIpc) is 2.58. The molecular formula is C18H17NO6S. The number of ether oxygens (including phenoxy) is 1. The SMILES string of the molecule is CS(=O)(=O)Cc1cccc(C(=O)N2C[C@@H](C(=O)O)Oc3ccccc32)c1. The number of aliphatic carboxylic acids is 1. The molecule has 0 fully saturated rings. The lowest BCUT2D eigenvalue weighted by molar-refractivity contribution is -0.144. The van der Waals surface area contributed by atoms with Crippen molar-refractivity contribution in [3.63, 3.8) is 0 Å². The van der Waals surface area contributed by atoms with Gasteiger partial charge in [-0.3, -0.25) is 4.79 Å². The van der Waals surface area contributed by atoms with Crippen LogP contribution in [0, 0.1) is 0 Å². The predicted octanol–water partition coefficient (Wildman–Crippen LogP) is 1.72. The van der Waals surface area contributed by atoms with Crippen molar-refractivity contribution in [1.29, 1.82) is 0 Å². The summed E-state index contributed by atoms with van der Waals surface area (Å²) >= 11 is 0. The van der Waals surface area contributed by atoms with Crippen LogP contribution >= 0.6 is 0 Å². The highest BCUT2D eigenvalue weighted by molar-refractivity contribution is 7.89. The number of para-hydroxylation sites is 2. The maximum atomic E-state index is 13.0. The molecule has 8 heteroatoms. The van der Waals surface area contributed by atoms with Crippen LogP contribution < -0.4 is 9.64 Å². The molecule has 1 heterocycles. The van der Waals surface area contributed by atoms with Crippen LogP contribution in [0.25, 0.3) is 0 Å². The summed E-state index contributed by atoms with van der Waals surface area (Å²) in [7, 11) is -3.24. The summed E-state index contributed by atoms with van der Waals surface area (Å²) in [6.07, 6.45) is -0.0509. The molecule has 1 N–H and O–H groups in total. The quantitative estimate of drug-likeness (QED) is 0.873. The Labute approximate surface area is 150 Å². The van der Waals surface area contributed by atoms with Gasteiger partial charge in [-0.05, 0) is 29.8 Å². The van der Waals surface area contributed by atoms with Gasteiger partial charge in [0.2, 0.25) is 6.10 Å². The monoisotopic (exact) mass is 375 g/mol. The summed E-state index contributed by atoms with van der Waals surface area (Å²) < 4.78 is 28.4. The van der Waals surface area contributed by atoms with Crippen molar-refractivity contribution >= 4 is 27.4 Å². The molecule has 0 bridgehead atoms. The Morgan fingerprint density at radius 2 is 1.92 bits per heavy atom. The van der Waals surface area contributed by atoms with Gasteiger partial charge >= 0.3 is 5.97 Å². The molecule has 0 spiro atoms. The van der Waals surface area contributed by atoms with E-state index in [9.17, 15) is 23.1 Å². The van der Waals surface area contributed by atoms with E-state index in [1.807, 2.05) is 0 Å². The van der Waals surface area contributed by atoms with Crippen molar-refractivity contribution in [2.45, 2.75) is 11.9 Å². The van der Waals surface area contributed by atoms with Gasteiger partial charge in [0.15, 0.2) is 9.84 Å². The zero-order valence-electron chi connectivity index (χ0n) is 14.0. The number of benzene rings is 2. The molecule has 0 unspecified atom stereocenters. The maximum Gasteiger partial charge on any atom is 0.346 e. The van der Waals surface area contributed by atoms with E-state index in [-0.39, 0.29) is 17.9 Å². The smallest absolute Gasteiger partial charge is 0.346 e. The van der Waals surface area contributed by atoms with E-state index in [4.69, 9.17) is 4.74 Å². The van der Waals surface area contributed by atoms with Crippen molar-refractivity contribution in [1.82, 2.24) is 0 Å². The van der Waals surface area contributed by atoms with Crippen molar-refractivity contribution in [3.05, 3.63) is 59.7 Å². The number of sulfone groups is 1. The van der Waals surface area contributed by atoms with Gasteiger partial charge in [-0.2, -0.15) is 0 Å². The van der Waals surface area contributed by atoms with Crippen LogP contribution in [-0.2, 0) is 20.4 Å². The van der Waals surface area contributed by atoms with Gasteiger partial charge in [0.1, 0.15) is 5.75 Å². The fraction of sp³-hybridized carbons (Fsp3) is 0.222. The molecule has 2 aromatic carbocycles. The van der Waals surface area contributed by atoms with Gasteiger partial charge in [-0.15, -0.1) is 0 Å². The van der Waals surface area contributed by atoms with Crippen LogP contribution in [0.3, 0.4) is 0 Å². The fourth-order valence-corrected chi connectivity index (χ4v) is 3.59. The Kier molecular flexibility index (Phi) is 4.69. The summed E-state index contributed by atoms with van der Waals surface area (Å²) in [6.45, 7) is -0.137. The number of anilines is 1. The first-order valence-corrected chi connectivity index (χ1v) is 9.88. The second-order valence-corrected chi connectivity index (χ2v) is 8.24. The average molecular weight is 375 g/mol. The molecule has 26 heavy (non-hydrogen) atoms. The highest BCUT2D eigenvalue weighted by atomic mass is 32.2. The van der Waals surface area contributed by atoms with Crippen molar-refractivity contribution in [3.8, 4) is 5.75 Å². The number of carboxylic acid groups (broad SMARTS) is 1. The van der Waals surface area contributed by atoms with Crippen molar-refractivity contribution in [2.75, 3.05) is 17.7 Å². The molecule has 2 aromatic rings. The fourth-order valence-electron chi connectivity index (χ4n) is 2.81. The molecule has 0 saturated carbocycles. The molecule has 0 aliphatic carbocycles. The lowest BCUT2D eigenvalue weighted by Gasteiger charge is -2.33. The topological polar surface area (TPSA) is 101 Å². The van der Waals surface area contributed by atoms with E-state index in [0.29, 0.717) is 17.0 Å². The van der Waals surface area contributed by atoms with Crippen LogP contribution in [0.4, 0.5) is 5.69 Å². The lowest BCUT2D eigenvalue weighted by atomic mass is 10.1. The molecule has 0 radical (unpaired) electrons. The zero-order valence-corrected chi connectivity index (χ0v) is 14.8. The number of carbonyl (C=O) groups excluding carboxylic acids is 1. The molecule has 3 rings (SSSR count). The highest BCUT2D eigenvalue weighted by Gasteiger charge is 2.34. The second kappa shape index (κ2) is 6.80. The van der Waals surface area contributed by atoms with Crippen molar-refractivity contribution < 1.29 is 27.9 Å². The predicted molar refractivity (Wildman–Crippen MR) is 95.2 cm³/mol. The summed E-state index contributed by atoms with van der Waals surface area (Å²) in [4.78, 5) is 25.7. The number of amides is 1. The summed E-state index contributed by atoms with van der Waals surface area (Å²) in [6, 6.07) is 13.0. The normalized spacial score (nSPS) is 16.5. The number of rotatable bonds is 4. The third-order valence-corrected chi connectivity index (χ3v) is 4.75. The van der Waals surface area contributed by atoms with E-state index in [1.54, 1.807) is 42.5 Å². The van der Waals surface area contributed by atoms with Gasteiger partial charge in [0.25, 0.3) is 5.91 Å². The Balaban J connectivity index is 1.96. The van der Waals surface area contributed by atoms with Crippen LogP contribution in [0.2, 0.25) is 0 Å². The Morgan fingerprint density at radius 3 is 2.62 bits per heavy atom. The van der Waals surface area contributed by atoms with Gasteiger partial charge in [0, 0.05) is 11.8 Å². The molecule has 1 aliphatic heterocycles. The molecule has 0 aromatic heterocycles. The first-order valence-electron chi connectivity index (χ1n) is 7.81. The number of hydrogen-bond acceptors (Lipinski definition) is 5. The molecule has 1 aliphatic rings. The minimum absolute atomic E-state index is 0.137. The first-order chi connectivity index (χ1) is 12.2. The minimum Gasteiger partial charge on any atom is -0.478 e. The molecule has 136 valence electrons. The lowest BCUT2D eigenvalue weighted by Crippen LogP contribution is -2.47. The van der Waals surface area contributed by atoms with E-state index in [0.717, 1.165) is 6.26 Å². The Bertz CT molecular complexity index is 969. The summed E-state index contributed by atoms with van der Waals surface area (Å²) in [5.74, 6) is -1.44. The number of hydrogen-bond donors (Lipinski definition) is 1. The zero-order chi connectivity index (χ0) is 18.9. The number of carbonyl (C=O) groups is 2. The first kappa shape index (κ1) is 17.9. The van der Waals surface area contributed by atoms with Gasteiger partial charge < -0.3 is 14.7 Å². The van der Waals surface area contributed by atoms with E-state index < -0.39 is 27.8 Å². The standard InChI is InChI=1S/C18H17NO6S/c1-26(23,24)11-12-5-4-6-13(9-12)17(20)19-10-16(18(21)22)25-15-8-3-2-7-14(15)19/h2-9,16H,10-11H2,1H3,(H,21,22)/t16-/m0/s1. The van der Waals surface area contributed by atoms with Crippen LogP contribution in [0.15, 0.2) is 48.5 Å². The van der Waals surface area contributed by atoms with Gasteiger partial charge in [0.05, 0.1) is 18.0 Å². The third kappa shape index (κ3) is 3.85. The number of fused-ring (bicyclic) bond motifs is 1. The number of carboxylic acids is 1. The van der Waals surface area contributed by atoms with Crippen LogP contribution in [0.5, 0.6) is 5.75 Å². The number of nitrogens with zero attached hydrogens (tertiary/aromatic N) is 1. The van der Waals surface area contributed by atoms with Gasteiger partial charge in [-0.25, -0.2) is 13.2 Å². The third-order valence-electron chi connectivity index (χ3n) is 3.90. The largest absolute Gasteiger partial charge is 0.478 e. The van der Waals surface area contributed by atoms with E-state index in [1.165, 1.54) is 11.0 Å². The molecule has 7 nitrogen and oxygen atoms in total. The van der Waals surface area contributed by atoms with E-state index >= 15 is 0 Å². The van der Waals surface area contributed by atoms with Crippen LogP contribution in [-0.4, -0.2) is 44.3 Å². The molecular weight excluding hydrogens is 358 g/mol. The molecule has 1 atom stereocenters. The van der Waals surface area contributed by atoms with Crippen molar-refractivity contribution in [2.24, 2.45) is 0 Å². The summed E-state index contributed by atoms with van der Waals surface area (Å²) in [5.41, 5.74) is 1.25. The highest BCUT2D eigenvalue weighted by Crippen LogP contribution is 2.34. The minimum atomic E-state index is -3.24. The molecule has 0 saturated heterocycles. The second-order valence-electron chi connectivity index (χ2n) is 6.10. The van der Waals surface area contributed by atoms with Crippen LogP contribution in [0.1, 0.15) is 15.9 Å². The molecule has 1 amide bonds. The summed E-state index contributed by atoms with van der Waals surface area (Å²) in [5, 5.41) is 9.28. The van der Waals surface area contributed by atoms with Gasteiger partial charge in [-0.1, -0.05) is 24.3 Å².